The largest absolute Gasteiger partial charge is 0.359 e. The van der Waals surface area contributed by atoms with Crippen molar-refractivity contribution in [1.29, 1.82) is 5.26 Å². The Morgan fingerprint density at radius 1 is 1.03 bits per heavy atom. The van der Waals surface area contributed by atoms with Crippen molar-refractivity contribution in [2.45, 2.75) is 71.5 Å². The minimum absolute atomic E-state index is 0.217. The maximum Gasteiger partial charge on any atom is 0.209 e. The molecule has 0 amide bonds. The summed E-state index contributed by atoms with van der Waals surface area (Å²) < 4.78 is 17.2. The summed E-state index contributed by atoms with van der Waals surface area (Å²) in [5.74, 6) is -1.82. The van der Waals surface area contributed by atoms with E-state index in [-0.39, 0.29) is 6.42 Å². The van der Waals surface area contributed by atoms with Crippen LogP contribution in [-0.4, -0.2) is 12.0 Å². The highest BCUT2D eigenvalue weighted by molar-refractivity contribution is 7.20. The first-order valence-corrected chi connectivity index (χ1v) is 12.9. The van der Waals surface area contributed by atoms with Crippen LogP contribution in [0.1, 0.15) is 65.2 Å². The third-order valence-electron chi connectivity index (χ3n) is 6.41. The number of anilines is 1. The highest BCUT2D eigenvalue weighted by Gasteiger charge is 2.48. The van der Waals surface area contributed by atoms with Crippen molar-refractivity contribution in [3.63, 3.8) is 0 Å². The maximum atomic E-state index is 16.1. The number of fused-ring (bicyclic) bond motifs is 3. The summed E-state index contributed by atoms with van der Waals surface area (Å²) in [5.41, 5.74) is 2.44. The van der Waals surface area contributed by atoms with E-state index >= 15 is 4.39 Å². The molecule has 0 fully saturated rings. The lowest BCUT2D eigenvalue weighted by molar-refractivity contribution is 0.0795. The third-order valence-corrected chi connectivity index (χ3v) is 7.89. The van der Waals surface area contributed by atoms with Gasteiger partial charge in [-0.2, -0.15) is 5.26 Å². The maximum absolute atomic E-state index is 16.1. The molecule has 0 spiro atoms. The van der Waals surface area contributed by atoms with Crippen molar-refractivity contribution in [2.75, 3.05) is 5.32 Å². The molecule has 0 radical (unpaired) electrons. The monoisotopic (exact) mass is 475 g/mol. The van der Waals surface area contributed by atoms with Crippen LogP contribution in [0.2, 0.25) is 0 Å². The number of allylic oxidation sites excluding steroid dienone is 1. The Morgan fingerprint density at radius 2 is 1.74 bits per heavy atom. The van der Waals surface area contributed by atoms with Gasteiger partial charge in [-0.25, -0.2) is 4.39 Å². The summed E-state index contributed by atoms with van der Waals surface area (Å²) >= 11 is 1.59. The van der Waals surface area contributed by atoms with Gasteiger partial charge in [0.25, 0.3) is 0 Å². The number of nitriles is 1. The molecule has 3 aromatic rings. The quantitative estimate of drug-likeness (QED) is 0.383. The molecular weight excluding hydrogens is 441 g/mol. The van der Waals surface area contributed by atoms with Gasteiger partial charge in [-0.05, 0) is 31.0 Å². The van der Waals surface area contributed by atoms with E-state index in [1.807, 2.05) is 38.1 Å². The van der Waals surface area contributed by atoms with Crippen molar-refractivity contribution in [3.05, 3.63) is 65.2 Å². The summed E-state index contributed by atoms with van der Waals surface area (Å²) in [7, 11) is 0. The molecule has 0 aliphatic carbocycles. The number of nitrogens with one attached hydrogen (secondary N) is 1. The molecule has 1 aliphatic heterocycles. The fraction of sp³-hybridized carbons (Fsp3) is 0.379. The van der Waals surface area contributed by atoms with Gasteiger partial charge in [0.1, 0.15) is 6.07 Å². The van der Waals surface area contributed by atoms with E-state index in [2.05, 4.69) is 54.5 Å². The number of nitrogens with zero attached hydrogens (tertiary/aromatic N) is 2. The van der Waals surface area contributed by atoms with Crippen LogP contribution in [0.3, 0.4) is 0 Å². The van der Waals surface area contributed by atoms with Gasteiger partial charge in [-0.1, -0.05) is 82.5 Å². The van der Waals surface area contributed by atoms with Crippen LogP contribution >= 0.6 is 11.3 Å². The van der Waals surface area contributed by atoms with Gasteiger partial charge in [0.15, 0.2) is 0 Å². The van der Waals surface area contributed by atoms with Crippen LogP contribution in [0.4, 0.5) is 10.1 Å². The molecule has 2 heterocycles. The van der Waals surface area contributed by atoms with E-state index in [0.717, 1.165) is 31.8 Å². The van der Waals surface area contributed by atoms with Crippen molar-refractivity contribution in [2.24, 2.45) is 4.99 Å². The Labute approximate surface area is 207 Å². The number of aliphatic imine (C=N–C) groups is 1. The summed E-state index contributed by atoms with van der Waals surface area (Å²) in [6, 6.07) is 18.4. The Bertz CT molecular complexity index is 1220. The van der Waals surface area contributed by atoms with E-state index in [1.54, 1.807) is 24.5 Å². The molecule has 178 valence electrons. The molecule has 1 aliphatic rings. The van der Waals surface area contributed by atoms with E-state index < -0.39 is 11.2 Å². The molecule has 1 N–H and O–H groups in total. The summed E-state index contributed by atoms with van der Waals surface area (Å²) in [6.07, 6.45) is 7.25. The zero-order valence-corrected chi connectivity index (χ0v) is 21.6. The van der Waals surface area contributed by atoms with Gasteiger partial charge < -0.3 is 5.32 Å². The number of hydrogen-bond donors (Lipinski definition) is 1. The van der Waals surface area contributed by atoms with E-state index in [1.165, 1.54) is 25.5 Å². The second-order valence-corrected chi connectivity index (χ2v) is 10.1. The highest BCUT2D eigenvalue weighted by atomic mass is 32.1. The van der Waals surface area contributed by atoms with Crippen LogP contribution in [0.15, 0.2) is 65.3 Å². The number of alkyl halides is 1. The Morgan fingerprint density at radius 3 is 2.32 bits per heavy atom. The topological polar surface area (TPSA) is 48.2 Å². The van der Waals surface area contributed by atoms with Crippen LogP contribution < -0.4 is 5.32 Å². The molecule has 1 atom stereocenters. The predicted molar refractivity (Wildman–Crippen MR) is 145 cm³/mol. The fourth-order valence-corrected chi connectivity index (χ4v) is 5.58. The second-order valence-electron chi connectivity index (χ2n) is 9.06. The summed E-state index contributed by atoms with van der Waals surface area (Å²) in [5, 5.41) is 13.8. The first kappa shape index (κ1) is 25.6. The highest BCUT2D eigenvalue weighted by Crippen LogP contribution is 2.52. The lowest BCUT2D eigenvalue weighted by atomic mass is 9.78. The van der Waals surface area contributed by atoms with E-state index in [4.69, 9.17) is 0 Å². The Balaban J connectivity index is 0.000000588. The molecule has 34 heavy (non-hydrogen) atoms. The first-order valence-electron chi connectivity index (χ1n) is 12.0. The van der Waals surface area contributed by atoms with Crippen molar-refractivity contribution >= 4 is 33.3 Å². The lowest BCUT2D eigenvalue weighted by Crippen LogP contribution is -2.41. The number of unbranched alkanes of at least 4 members (excludes halogenated alkanes) is 2. The third kappa shape index (κ3) is 4.93. The number of hydrogen-bond acceptors (Lipinski definition) is 4. The Kier molecular flexibility index (Phi) is 8.28. The van der Waals surface area contributed by atoms with Crippen LogP contribution in [-0.2, 0) is 5.41 Å². The van der Waals surface area contributed by atoms with Crippen LogP contribution in [0.25, 0.3) is 21.2 Å². The van der Waals surface area contributed by atoms with Crippen LogP contribution in [0, 0.1) is 11.3 Å². The van der Waals surface area contributed by atoms with Gasteiger partial charge >= 0.3 is 0 Å². The summed E-state index contributed by atoms with van der Waals surface area (Å²) in [6.45, 7) is 10.0. The fourth-order valence-electron chi connectivity index (χ4n) is 4.23. The van der Waals surface area contributed by atoms with Crippen molar-refractivity contribution < 1.29 is 4.39 Å². The molecule has 3 nitrogen and oxygen atoms in total. The molecule has 4 rings (SSSR count). The number of halogens is 1. The average molecular weight is 476 g/mol. The van der Waals surface area contributed by atoms with Gasteiger partial charge in [0.05, 0.1) is 16.7 Å². The van der Waals surface area contributed by atoms with E-state index in [0.29, 0.717) is 5.57 Å². The standard InChI is InChI=1S/C24H22FN3S.C5H12/c1-4-24(25)23(2,3)22-21(27-14-16(13-26)15-28-24)20-18(11-8-12-19(20)29-22)17-9-6-5-7-10-17;1-3-5-4-2/h5-12,14-15,27H,4H2,1-3H3;3-5H2,1-2H3/b16-14-,28-15+;/t24-;/m1./s1. The number of rotatable bonds is 4. The molecule has 0 saturated heterocycles. The molecule has 5 heteroatoms. The molecule has 2 aromatic carbocycles. The molecule has 0 saturated carbocycles. The normalized spacial score (nSPS) is 21.3. The van der Waals surface area contributed by atoms with Gasteiger partial charge in [0.2, 0.25) is 5.79 Å². The zero-order chi connectivity index (χ0) is 24.8. The first-order chi connectivity index (χ1) is 16.3. The minimum Gasteiger partial charge on any atom is -0.359 e. The molecule has 1 aromatic heterocycles. The van der Waals surface area contributed by atoms with Crippen molar-refractivity contribution in [3.8, 4) is 17.2 Å². The molecular formula is C29H34FN3S. The molecule has 0 unspecified atom stereocenters. The second kappa shape index (κ2) is 11.0. The van der Waals surface area contributed by atoms with Gasteiger partial charge in [-0.3, -0.25) is 4.99 Å². The van der Waals surface area contributed by atoms with Crippen molar-refractivity contribution in [1.82, 2.24) is 0 Å². The van der Waals surface area contributed by atoms with Gasteiger partial charge in [-0.15, -0.1) is 11.3 Å². The smallest absolute Gasteiger partial charge is 0.209 e. The Hall–Kier alpha value is -2.97. The van der Waals surface area contributed by atoms with E-state index in [9.17, 15) is 5.26 Å². The number of benzene rings is 2. The number of thiophene rings is 1. The summed E-state index contributed by atoms with van der Waals surface area (Å²) in [4.78, 5) is 5.13. The van der Waals surface area contributed by atoms with Gasteiger partial charge in [0, 0.05) is 33.8 Å². The predicted octanol–water partition coefficient (Wildman–Crippen LogP) is 9.02. The average Bonchev–Trinajstić information content (AvgIpc) is 3.25. The van der Waals surface area contributed by atoms with Crippen LogP contribution in [0.5, 0.6) is 0 Å². The lowest BCUT2D eigenvalue weighted by Gasteiger charge is -2.36. The molecule has 0 bridgehead atoms. The SMILES string of the molecule is CCCCC.CC[C@@]1(F)/N=C/C(C#N)=C\Nc2c(sc3cccc(-c4ccccc4)c23)C1(C)C. The zero-order valence-electron chi connectivity index (χ0n) is 20.8. The minimum atomic E-state index is -1.82.